The number of nitrogens with one attached hydrogen (secondary N) is 1. The van der Waals surface area contributed by atoms with Crippen LogP contribution < -0.4 is 27.0 Å². The van der Waals surface area contributed by atoms with Gasteiger partial charge in [0.1, 0.15) is 6.26 Å². The minimum atomic E-state index is -0.906. The molecule has 0 saturated carbocycles. The zero-order valence-corrected chi connectivity index (χ0v) is 14.8. The molecule has 22 heavy (non-hydrogen) atoms. The minimum absolute atomic E-state index is 0. The van der Waals surface area contributed by atoms with Crippen LogP contribution in [0.15, 0.2) is 48.2 Å². The van der Waals surface area contributed by atoms with E-state index in [2.05, 4.69) is 12.4 Å². The van der Waals surface area contributed by atoms with Gasteiger partial charge in [-0.15, -0.1) is 5.48 Å². The largest absolute Gasteiger partial charge is 1.00 e. The fourth-order valence-electron chi connectivity index (χ4n) is 2.41. The van der Waals surface area contributed by atoms with Crippen molar-refractivity contribution >= 4 is 17.1 Å². The van der Waals surface area contributed by atoms with Crippen LogP contribution in [0.2, 0.25) is 0 Å². The topological polar surface area (TPSA) is 42.2 Å². The molecule has 1 aromatic heterocycles. The second kappa shape index (κ2) is 6.73. The maximum Gasteiger partial charge on any atom is 0.229 e. The van der Waals surface area contributed by atoms with Crippen LogP contribution in [0.3, 0.4) is 0 Å². The number of carbonyl (C=O) groups is 1. The number of rotatable bonds is 4. The molecular weight excluding hydrogens is 364 g/mol. The molecular formula is C16H17BrN2O2S. The Morgan fingerprint density at radius 2 is 2.05 bits per heavy atom. The Balaban J connectivity index is 0.00000176. The van der Waals surface area contributed by atoms with Gasteiger partial charge >= 0.3 is 0 Å². The number of aryl methyl sites for hydroxylation is 1. The van der Waals surface area contributed by atoms with Crippen LogP contribution >= 0.6 is 11.3 Å². The SMILES string of the molecule is Cc1sc[n+](CC(=O)C2(c3ccccc3)C=CON2)c1C.[Br-]. The van der Waals surface area contributed by atoms with E-state index in [0.29, 0.717) is 6.54 Å². The third-order valence-corrected chi connectivity index (χ3v) is 4.89. The first kappa shape index (κ1) is 16.9. The summed E-state index contributed by atoms with van der Waals surface area (Å²) in [5.74, 6) is 0.0494. The third kappa shape index (κ3) is 2.86. The second-order valence-electron chi connectivity index (χ2n) is 5.11. The van der Waals surface area contributed by atoms with Crippen molar-refractivity contribution in [3.8, 4) is 0 Å². The fourth-order valence-corrected chi connectivity index (χ4v) is 3.21. The van der Waals surface area contributed by atoms with Gasteiger partial charge < -0.3 is 21.8 Å². The molecule has 0 amide bonds. The van der Waals surface area contributed by atoms with E-state index in [0.717, 1.165) is 11.3 Å². The number of Topliss-reactive ketones (excluding diaryl/α,β-unsaturated/α-hetero) is 1. The number of ketones is 1. The Hall–Kier alpha value is -1.50. The number of hydrogen-bond donors (Lipinski definition) is 1. The molecule has 4 nitrogen and oxygen atoms in total. The van der Waals surface area contributed by atoms with Gasteiger partial charge in [-0.1, -0.05) is 41.7 Å². The van der Waals surface area contributed by atoms with Crippen LogP contribution in [0.1, 0.15) is 16.1 Å². The van der Waals surface area contributed by atoms with Gasteiger partial charge in [0.2, 0.25) is 17.8 Å². The molecule has 1 N–H and O–H groups in total. The van der Waals surface area contributed by atoms with E-state index in [9.17, 15) is 4.79 Å². The Morgan fingerprint density at radius 3 is 2.59 bits per heavy atom. The van der Waals surface area contributed by atoms with Crippen molar-refractivity contribution in [1.82, 2.24) is 5.48 Å². The summed E-state index contributed by atoms with van der Waals surface area (Å²) in [7, 11) is 0. The Bertz CT molecular complexity index is 699. The van der Waals surface area contributed by atoms with Gasteiger partial charge in [0.15, 0.2) is 11.2 Å². The van der Waals surface area contributed by atoms with E-state index in [-0.39, 0.29) is 22.8 Å². The summed E-state index contributed by atoms with van der Waals surface area (Å²) < 4.78 is 1.99. The van der Waals surface area contributed by atoms with Crippen molar-refractivity contribution in [2.45, 2.75) is 25.9 Å². The zero-order valence-electron chi connectivity index (χ0n) is 12.4. The van der Waals surface area contributed by atoms with Gasteiger partial charge in [0, 0.05) is 6.92 Å². The highest BCUT2D eigenvalue weighted by Gasteiger charge is 2.43. The lowest BCUT2D eigenvalue weighted by Gasteiger charge is -2.23. The first-order chi connectivity index (χ1) is 10.1. The summed E-state index contributed by atoms with van der Waals surface area (Å²) in [6.07, 6.45) is 3.31. The molecule has 2 aromatic rings. The summed E-state index contributed by atoms with van der Waals surface area (Å²) in [5.41, 5.74) is 5.95. The number of aromatic nitrogens is 1. The van der Waals surface area contributed by atoms with Gasteiger partial charge in [-0.05, 0) is 18.6 Å². The summed E-state index contributed by atoms with van der Waals surface area (Å²) in [5, 5.41) is 0. The molecule has 0 radical (unpaired) electrons. The first-order valence-electron chi connectivity index (χ1n) is 6.77. The minimum Gasteiger partial charge on any atom is -1.00 e. The first-order valence-corrected chi connectivity index (χ1v) is 7.65. The lowest BCUT2D eigenvalue weighted by atomic mass is 9.86. The summed E-state index contributed by atoms with van der Waals surface area (Å²) in [6, 6.07) is 9.64. The van der Waals surface area contributed by atoms with Crippen LogP contribution in [0.5, 0.6) is 0 Å². The molecule has 0 saturated heterocycles. The van der Waals surface area contributed by atoms with Crippen LogP contribution in [0, 0.1) is 13.8 Å². The molecule has 0 bridgehead atoms. The lowest BCUT2D eigenvalue weighted by Crippen LogP contribution is -3.00. The normalized spacial score (nSPS) is 19.5. The highest BCUT2D eigenvalue weighted by Crippen LogP contribution is 2.28. The van der Waals surface area contributed by atoms with Crippen molar-refractivity contribution in [2.75, 3.05) is 0 Å². The van der Waals surface area contributed by atoms with E-state index in [1.165, 1.54) is 11.1 Å². The molecule has 0 aliphatic carbocycles. The molecule has 116 valence electrons. The number of hydrogen-bond acceptors (Lipinski definition) is 4. The number of thiazole rings is 1. The predicted octanol–water partition coefficient (Wildman–Crippen LogP) is -0.830. The number of benzene rings is 1. The van der Waals surface area contributed by atoms with Gasteiger partial charge in [-0.2, -0.15) is 4.57 Å². The molecule has 1 atom stereocenters. The van der Waals surface area contributed by atoms with Crippen LogP contribution in [-0.4, -0.2) is 5.78 Å². The van der Waals surface area contributed by atoms with Crippen LogP contribution in [-0.2, 0) is 21.7 Å². The lowest BCUT2D eigenvalue weighted by molar-refractivity contribution is -0.686. The highest BCUT2D eigenvalue weighted by atomic mass is 79.9. The molecule has 1 unspecified atom stereocenters. The monoisotopic (exact) mass is 380 g/mol. The van der Waals surface area contributed by atoms with E-state index < -0.39 is 5.54 Å². The number of carbonyl (C=O) groups excluding carboxylic acids is 1. The van der Waals surface area contributed by atoms with E-state index in [4.69, 9.17) is 4.84 Å². The summed E-state index contributed by atoms with van der Waals surface area (Å²) in [4.78, 5) is 19.3. The predicted molar refractivity (Wildman–Crippen MR) is 80.5 cm³/mol. The van der Waals surface area contributed by atoms with Crippen molar-refractivity contribution in [3.05, 3.63) is 64.3 Å². The molecule has 0 fully saturated rings. The van der Waals surface area contributed by atoms with Crippen molar-refractivity contribution in [2.24, 2.45) is 0 Å². The molecule has 6 heteroatoms. The Kier molecular flexibility index (Phi) is 5.16. The molecule has 1 aliphatic rings. The van der Waals surface area contributed by atoms with Crippen molar-refractivity contribution < 1.29 is 31.2 Å². The molecule has 1 aliphatic heterocycles. The van der Waals surface area contributed by atoms with E-state index in [1.54, 1.807) is 17.4 Å². The number of nitrogens with zero attached hydrogens (tertiary/aromatic N) is 1. The molecule has 2 heterocycles. The van der Waals surface area contributed by atoms with Crippen molar-refractivity contribution in [3.63, 3.8) is 0 Å². The van der Waals surface area contributed by atoms with Gasteiger partial charge in [-0.25, -0.2) is 0 Å². The maximum absolute atomic E-state index is 12.9. The molecule has 3 rings (SSSR count). The van der Waals surface area contributed by atoms with Gasteiger partial charge in [-0.3, -0.25) is 4.79 Å². The van der Waals surface area contributed by atoms with Gasteiger partial charge in [0.05, 0.1) is 4.88 Å². The maximum atomic E-state index is 12.9. The number of hydroxylamine groups is 1. The Labute approximate surface area is 144 Å². The van der Waals surface area contributed by atoms with E-state index in [1.807, 2.05) is 47.3 Å². The third-order valence-electron chi connectivity index (χ3n) is 3.89. The van der Waals surface area contributed by atoms with Crippen molar-refractivity contribution in [1.29, 1.82) is 0 Å². The fraction of sp³-hybridized carbons (Fsp3) is 0.250. The van der Waals surface area contributed by atoms with E-state index >= 15 is 0 Å². The zero-order chi connectivity index (χ0) is 14.9. The Morgan fingerprint density at radius 1 is 1.32 bits per heavy atom. The summed E-state index contributed by atoms with van der Waals surface area (Å²) >= 11 is 1.65. The average Bonchev–Trinajstić information content (AvgIpc) is 3.12. The quantitative estimate of drug-likeness (QED) is 0.704. The second-order valence-corrected chi connectivity index (χ2v) is 6.17. The van der Waals surface area contributed by atoms with Crippen LogP contribution in [0.25, 0.3) is 0 Å². The highest BCUT2D eigenvalue weighted by molar-refractivity contribution is 7.09. The summed E-state index contributed by atoms with van der Waals surface area (Å²) in [6.45, 7) is 4.40. The number of halogens is 1. The standard InChI is InChI=1S/C16H17N2O2S.BrH/c1-12-13(2)21-11-18(12)10-15(19)16(8-9-20-17-16)14-6-4-3-5-7-14;/h3-9,11,17H,10H2,1-2H3;1H/q+1;/p-1. The molecule has 1 aromatic carbocycles. The molecule has 0 spiro atoms. The van der Waals surface area contributed by atoms with Gasteiger partial charge in [0.25, 0.3) is 0 Å². The van der Waals surface area contributed by atoms with Crippen LogP contribution in [0.4, 0.5) is 0 Å². The smallest absolute Gasteiger partial charge is 0.229 e. The average molecular weight is 381 g/mol.